The van der Waals surface area contributed by atoms with Gasteiger partial charge >= 0.3 is 0 Å². The van der Waals surface area contributed by atoms with E-state index in [1.54, 1.807) is 0 Å². The Morgan fingerprint density at radius 1 is 1.00 bits per heavy atom. The standard InChI is InChI=1S/C18H17N2O/c1-19-12-11-14(17-5-3-4-6-18(17)19)7-8-15-9-10-16(13-21)20(15)2/h3-13H,1-2H3/q+1. The third-order valence-corrected chi connectivity index (χ3v) is 3.83. The highest BCUT2D eigenvalue weighted by molar-refractivity contribution is 5.88. The monoisotopic (exact) mass is 277 g/mol. The van der Waals surface area contributed by atoms with Crippen molar-refractivity contribution in [1.82, 2.24) is 4.57 Å². The molecule has 3 rings (SSSR count). The number of carbonyl (C=O) groups excluding carboxylic acids is 1. The third-order valence-electron chi connectivity index (χ3n) is 3.83. The average molecular weight is 277 g/mol. The fraction of sp³-hybridized carbons (Fsp3) is 0.111. The van der Waals surface area contributed by atoms with Crippen LogP contribution in [0.2, 0.25) is 0 Å². The SMILES string of the molecule is Cn1c(C=O)ccc1/C=C/c1cc[n+](C)c2ccccc12. The third kappa shape index (κ3) is 2.38. The molecule has 3 heteroatoms. The molecule has 0 unspecified atom stereocenters. The number of aryl methyl sites for hydroxylation is 1. The van der Waals surface area contributed by atoms with Crippen LogP contribution in [-0.4, -0.2) is 10.9 Å². The largest absolute Gasteiger partial charge is 0.342 e. The first-order chi connectivity index (χ1) is 10.2. The molecule has 0 bridgehead atoms. The predicted molar refractivity (Wildman–Crippen MR) is 84.9 cm³/mol. The minimum absolute atomic E-state index is 0.680. The fourth-order valence-electron chi connectivity index (χ4n) is 2.54. The van der Waals surface area contributed by atoms with Crippen molar-refractivity contribution in [2.45, 2.75) is 0 Å². The van der Waals surface area contributed by atoms with Gasteiger partial charge in [-0.1, -0.05) is 18.2 Å². The summed E-state index contributed by atoms with van der Waals surface area (Å²) >= 11 is 0. The summed E-state index contributed by atoms with van der Waals surface area (Å²) in [7, 11) is 3.94. The van der Waals surface area contributed by atoms with E-state index in [4.69, 9.17) is 0 Å². The van der Waals surface area contributed by atoms with E-state index >= 15 is 0 Å². The maximum absolute atomic E-state index is 10.9. The zero-order valence-electron chi connectivity index (χ0n) is 12.2. The van der Waals surface area contributed by atoms with Gasteiger partial charge in [0.15, 0.2) is 12.5 Å². The van der Waals surface area contributed by atoms with Crippen LogP contribution in [0.25, 0.3) is 23.1 Å². The van der Waals surface area contributed by atoms with Crippen molar-refractivity contribution < 1.29 is 9.36 Å². The molecule has 3 aromatic rings. The van der Waals surface area contributed by atoms with Gasteiger partial charge in [-0.05, 0) is 29.8 Å². The minimum atomic E-state index is 0.680. The van der Waals surface area contributed by atoms with E-state index in [0.29, 0.717) is 5.69 Å². The second-order valence-electron chi connectivity index (χ2n) is 5.09. The van der Waals surface area contributed by atoms with Gasteiger partial charge in [0.1, 0.15) is 7.05 Å². The number of aromatic nitrogens is 2. The summed E-state index contributed by atoms with van der Waals surface area (Å²) in [5.74, 6) is 0. The maximum atomic E-state index is 10.9. The lowest BCUT2D eigenvalue weighted by Gasteiger charge is -2.02. The van der Waals surface area contributed by atoms with Crippen molar-refractivity contribution in [3.8, 4) is 0 Å². The van der Waals surface area contributed by atoms with Gasteiger partial charge in [-0.25, -0.2) is 4.57 Å². The smallest absolute Gasteiger partial charge is 0.212 e. The summed E-state index contributed by atoms with van der Waals surface area (Å²) in [6, 6.07) is 14.2. The summed E-state index contributed by atoms with van der Waals surface area (Å²) in [6.45, 7) is 0. The first kappa shape index (κ1) is 13.3. The highest BCUT2D eigenvalue weighted by Gasteiger charge is 2.07. The molecular weight excluding hydrogens is 260 g/mol. The Labute approximate surface area is 123 Å². The molecule has 0 aliphatic heterocycles. The van der Waals surface area contributed by atoms with Crippen molar-refractivity contribution in [1.29, 1.82) is 0 Å². The number of nitrogens with zero attached hydrogens (tertiary/aromatic N) is 2. The second kappa shape index (κ2) is 5.37. The zero-order chi connectivity index (χ0) is 14.8. The summed E-state index contributed by atoms with van der Waals surface area (Å²) in [5.41, 5.74) is 4.05. The summed E-state index contributed by atoms with van der Waals surface area (Å²) < 4.78 is 3.99. The molecule has 0 saturated heterocycles. The molecule has 2 heterocycles. The van der Waals surface area contributed by atoms with Crippen LogP contribution in [0.15, 0.2) is 48.7 Å². The van der Waals surface area contributed by atoms with Crippen LogP contribution in [0.3, 0.4) is 0 Å². The topological polar surface area (TPSA) is 25.9 Å². The molecule has 0 fully saturated rings. The summed E-state index contributed by atoms with van der Waals surface area (Å²) in [5, 5.41) is 1.21. The summed E-state index contributed by atoms with van der Waals surface area (Å²) in [4.78, 5) is 10.9. The molecule has 0 radical (unpaired) electrons. The van der Waals surface area contributed by atoms with E-state index < -0.39 is 0 Å². The van der Waals surface area contributed by atoms with Crippen LogP contribution >= 0.6 is 0 Å². The molecule has 1 aromatic carbocycles. The zero-order valence-corrected chi connectivity index (χ0v) is 12.2. The Bertz CT molecular complexity index is 844. The van der Waals surface area contributed by atoms with E-state index in [9.17, 15) is 4.79 Å². The van der Waals surface area contributed by atoms with Crippen molar-refractivity contribution in [2.75, 3.05) is 0 Å². The number of hydrogen-bond acceptors (Lipinski definition) is 1. The second-order valence-corrected chi connectivity index (χ2v) is 5.09. The maximum Gasteiger partial charge on any atom is 0.212 e. The molecule has 0 spiro atoms. The number of para-hydroxylation sites is 1. The lowest BCUT2D eigenvalue weighted by Crippen LogP contribution is -2.28. The van der Waals surface area contributed by atoms with Crippen LogP contribution in [-0.2, 0) is 14.1 Å². The number of hydrogen-bond donors (Lipinski definition) is 0. The van der Waals surface area contributed by atoms with E-state index in [-0.39, 0.29) is 0 Å². The first-order valence-electron chi connectivity index (χ1n) is 6.87. The minimum Gasteiger partial charge on any atom is -0.342 e. The quantitative estimate of drug-likeness (QED) is 0.534. The molecule has 2 aromatic heterocycles. The van der Waals surface area contributed by atoms with Crippen LogP contribution in [0, 0.1) is 0 Å². The van der Waals surface area contributed by atoms with Crippen LogP contribution in [0.4, 0.5) is 0 Å². The normalized spacial score (nSPS) is 11.3. The van der Waals surface area contributed by atoms with Crippen molar-refractivity contribution in [3.63, 3.8) is 0 Å². The number of benzene rings is 1. The Balaban J connectivity index is 2.05. The Hall–Kier alpha value is -2.68. The Kier molecular flexibility index (Phi) is 3.40. The van der Waals surface area contributed by atoms with E-state index in [1.165, 1.54) is 10.9 Å². The molecule has 0 saturated carbocycles. The lowest BCUT2D eigenvalue weighted by molar-refractivity contribution is -0.644. The number of rotatable bonds is 3. The van der Waals surface area contributed by atoms with Gasteiger partial charge in [-0.3, -0.25) is 4.79 Å². The molecule has 0 aliphatic carbocycles. The van der Waals surface area contributed by atoms with Gasteiger partial charge in [0.05, 0.1) is 11.1 Å². The van der Waals surface area contributed by atoms with Gasteiger partial charge in [-0.2, -0.15) is 0 Å². The molecular formula is C18H17N2O+. The average Bonchev–Trinajstić information content (AvgIpc) is 2.87. The number of pyridine rings is 1. The molecule has 104 valence electrons. The molecule has 3 nitrogen and oxygen atoms in total. The van der Waals surface area contributed by atoms with Crippen LogP contribution < -0.4 is 4.57 Å². The molecule has 0 amide bonds. The van der Waals surface area contributed by atoms with Crippen LogP contribution in [0.5, 0.6) is 0 Å². The van der Waals surface area contributed by atoms with Gasteiger partial charge in [-0.15, -0.1) is 0 Å². The summed E-state index contributed by atoms with van der Waals surface area (Å²) in [6.07, 6.45) is 7.06. The number of aldehydes is 1. The molecule has 21 heavy (non-hydrogen) atoms. The van der Waals surface area contributed by atoms with E-state index in [2.05, 4.69) is 35.0 Å². The Morgan fingerprint density at radius 2 is 1.76 bits per heavy atom. The van der Waals surface area contributed by atoms with Gasteiger partial charge in [0.25, 0.3) is 0 Å². The van der Waals surface area contributed by atoms with E-state index in [1.807, 2.05) is 49.0 Å². The Morgan fingerprint density at radius 3 is 2.52 bits per heavy atom. The van der Waals surface area contributed by atoms with Crippen molar-refractivity contribution in [3.05, 3.63) is 65.6 Å². The molecule has 0 aliphatic rings. The van der Waals surface area contributed by atoms with Gasteiger partial charge in [0.2, 0.25) is 5.52 Å². The predicted octanol–water partition coefficient (Wildman–Crippen LogP) is 2.99. The molecule has 0 N–H and O–H groups in total. The van der Waals surface area contributed by atoms with Crippen molar-refractivity contribution >= 4 is 29.3 Å². The van der Waals surface area contributed by atoms with Gasteiger partial charge < -0.3 is 4.57 Å². The lowest BCUT2D eigenvalue weighted by atomic mass is 10.1. The number of carbonyl (C=O) groups is 1. The first-order valence-corrected chi connectivity index (χ1v) is 6.87. The van der Waals surface area contributed by atoms with E-state index in [0.717, 1.165) is 17.5 Å². The fourth-order valence-corrected chi connectivity index (χ4v) is 2.54. The van der Waals surface area contributed by atoms with Crippen molar-refractivity contribution in [2.24, 2.45) is 14.1 Å². The number of fused-ring (bicyclic) bond motifs is 1. The highest BCUT2D eigenvalue weighted by Crippen LogP contribution is 2.18. The molecule has 0 atom stereocenters. The van der Waals surface area contributed by atoms with Crippen LogP contribution in [0.1, 0.15) is 21.7 Å². The van der Waals surface area contributed by atoms with Gasteiger partial charge in [0, 0.05) is 24.9 Å². The highest BCUT2D eigenvalue weighted by atomic mass is 16.1.